The van der Waals surface area contributed by atoms with Crippen molar-refractivity contribution in [3.63, 3.8) is 0 Å². The number of hydrogen-bond donors (Lipinski definition) is 0. The summed E-state index contributed by atoms with van der Waals surface area (Å²) in [6.07, 6.45) is -0.537. The van der Waals surface area contributed by atoms with E-state index in [9.17, 15) is 4.79 Å². The third-order valence-corrected chi connectivity index (χ3v) is 10.8. The Hall–Kier alpha value is -1.47. The average molecular weight is 410 g/mol. The number of nitrogens with zero attached hydrogens (tertiary/aromatic N) is 3. The molecule has 150 valence electrons. The first-order valence-electron chi connectivity index (χ1n) is 9.01. The molecular formula is C19H31N3O3SSi. The van der Waals surface area contributed by atoms with Crippen molar-refractivity contribution in [1.29, 1.82) is 0 Å². The van der Waals surface area contributed by atoms with Crippen LogP contribution in [0.5, 0.6) is 0 Å². The number of hydrogen-bond acceptors (Lipinski definition) is 5. The van der Waals surface area contributed by atoms with Crippen molar-refractivity contribution in [2.24, 2.45) is 11.0 Å². The SMILES string of the molecule is COC(=O)[C@H](N=[N+]=[N-])[C@@H](O[Si](C)(C)C(C)(C)C)[C@H](C)CSc1ccccc1. The molecule has 0 aliphatic rings. The van der Waals surface area contributed by atoms with Crippen molar-refractivity contribution in [3.05, 3.63) is 40.8 Å². The molecule has 1 aromatic rings. The Balaban J connectivity index is 3.10. The van der Waals surface area contributed by atoms with Gasteiger partial charge in [-0.25, -0.2) is 0 Å². The number of thioether (sulfide) groups is 1. The maximum atomic E-state index is 12.3. The topological polar surface area (TPSA) is 84.3 Å². The number of rotatable bonds is 9. The molecule has 0 saturated heterocycles. The number of benzene rings is 1. The van der Waals surface area contributed by atoms with Gasteiger partial charge in [-0.05, 0) is 41.7 Å². The first kappa shape index (κ1) is 23.6. The van der Waals surface area contributed by atoms with Crippen molar-refractivity contribution in [2.75, 3.05) is 12.9 Å². The summed E-state index contributed by atoms with van der Waals surface area (Å²) in [4.78, 5) is 16.3. The van der Waals surface area contributed by atoms with E-state index in [-0.39, 0.29) is 11.0 Å². The Kier molecular flexibility index (Phi) is 8.88. The highest BCUT2D eigenvalue weighted by atomic mass is 32.2. The summed E-state index contributed by atoms with van der Waals surface area (Å²) in [5.41, 5.74) is 8.98. The molecule has 0 heterocycles. The highest BCUT2D eigenvalue weighted by Crippen LogP contribution is 2.39. The van der Waals surface area contributed by atoms with Crippen molar-refractivity contribution in [3.8, 4) is 0 Å². The van der Waals surface area contributed by atoms with Gasteiger partial charge in [-0.2, -0.15) is 0 Å². The van der Waals surface area contributed by atoms with E-state index in [0.29, 0.717) is 0 Å². The van der Waals surface area contributed by atoms with Crippen LogP contribution in [0.25, 0.3) is 10.4 Å². The van der Waals surface area contributed by atoms with Crippen LogP contribution >= 0.6 is 11.8 Å². The molecule has 1 rings (SSSR count). The summed E-state index contributed by atoms with van der Waals surface area (Å²) in [6.45, 7) is 12.7. The molecule has 0 bridgehead atoms. The van der Waals surface area contributed by atoms with Gasteiger partial charge in [0.2, 0.25) is 0 Å². The third kappa shape index (κ3) is 6.88. The quantitative estimate of drug-likeness (QED) is 0.132. The molecule has 0 aromatic heterocycles. The van der Waals surface area contributed by atoms with Crippen LogP contribution in [0.1, 0.15) is 27.7 Å². The second-order valence-corrected chi connectivity index (χ2v) is 14.0. The Morgan fingerprint density at radius 2 is 1.89 bits per heavy atom. The van der Waals surface area contributed by atoms with Crippen LogP contribution in [0.4, 0.5) is 0 Å². The fraction of sp³-hybridized carbons (Fsp3) is 0.632. The van der Waals surface area contributed by atoms with Crippen LogP contribution < -0.4 is 0 Å². The van der Waals surface area contributed by atoms with Crippen molar-refractivity contribution >= 4 is 26.0 Å². The van der Waals surface area contributed by atoms with Crippen LogP contribution in [0.2, 0.25) is 18.1 Å². The number of methoxy groups -OCH3 is 1. The van der Waals surface area contributed by atoms with Gasteiger partial charge in [0, 0.05) is 15.6 Å². The summed E-state index contributed by atoms with van der Waals surface area (Å²) >= 11 is 1.69. The normalized spacial score (nSPS) is 15.4. The molecule has 0 aliphatic heterocycles. The minimum absolute atomic E-state index is 0.0149. The van der Waals surface area contributed by atoms with Gasteiger partial charge < -0.3 is 9.16 Å². The Morgan fingerprint density at radius 3 is 2.37 bits per heavy atom. The maximum absolute atomic E-state index is 12.3. The van der Waals surface area contributed by atoms with Crippen LogP contribution in [0.3, 0.4) is 0 Å². The van der Waals surface area contributed by atoms with Gasteiger partial charge in [-0.3, -0.25) is 4.79 Å². The van der Waals surface area contributed by atoms with Gasteiger partial charge in [-0.15, -0.1) is 11.8 Å². The van der Waals surface area contributed by atoms with Crippen molar-refractivity contribution < 1.29 is 14.0 Å². The zero-order valence-corrected chi connectivity index (χ0v) is 19.1. The molecule has 0 unspecified atom stereocenters. The van der Waals surface area contributed by atoms with E-state index < -0.39 is 26.4 Å². The highest BCUT2D eigenvalue weighted by molar-refractivity contribution is 7.99. The van der Waals surface area contributed by atoms with Crippen LogP contribution in [0.15, 0.2) is 40.3 Å². The first-order chi connectivity index (χ1) is 12.5. The first-order valence-corrected chi connectivity index (χ1v) is 12.9. The number of carbonyl (C=O) groups excluding carboxylic acids is 1. The molecule has 0 aliphatic carbocycles. The minimum atomic E-state index is -2.19. The number of azide groups is 1. The zero-order valence-electron chi connectivity index (χ0n) is 17.3. The monoisotopic (exact) mass is 409 g/mol. The second-order valence-electron chi connectivity index (χ2n) is 8.12. The van der Waals surface area contributed by atoms with Gasteiger partial charge in [0.1, 0.15) is 0 Å². The van der Waals surface area contributed by atoms with Crippen molar-refractivity contribution in [2.45, 2.75) is 62.9 Å². The van der Waals surface area contributed by atoms with Crippen LogP contribution in [-0.4, -0.2) is 39.3 Å². The lowest BCUT2D eigenvalue weighted by molar-refractivity contribution is -0.145. The smallest absolute Gasteiger partial charge is 0.317 e. The molecule has 0 radical (unpaired) electrons. The minimum Gasteiger partial charge on any atom is -0.469 e. The van der Waals surface area contributed by atoms with Gasteiger partial charge in [0.15, 0.2) is 14.4 Å². The summed E-state index contributed by atoms with van der Waals surface area (Å²) < 4.78 is 11.4. The fourth-order valence-electron chi connectivity index (χ4n) is 2.27. The fourth-order valence-corrected chi connectivity index (χ4v) is 4.66. The Labute approximate surface area is 167 Å². The van der Waals surface area contributed by atoms with Crippen LogP contribution in [0, 0.1) is 5.92 Å². The van der Waals surface area contributed by atoms with E-state index in [2.05, 4.69) is 43.9 Å². The van der Waals surface area contributed by atoms with E-state index >= 15 is 0 Å². The molecule has 0 fully saturated rings. The summed E-state index contributed by atoms with van der Waals surface area (Å²) in [5, 5.41) is 3.70. The highest BCUT2D eigenvalue weighted by Gasteiger charge is 2.43. The molecule has 6 nitrogen and oxygen atoms in total. The van der Waals surface area contributed by atoms with E-state index in [1.54, 1.807) is 11.8 Å². The number of esters is 1. The number of ether oxygens (including phenoxy) is 1. The van der Waals surface area contributed by atoms with E-state index in [4.69, 9.17) is 14.7 Å². The van der Waals surface area contributed by atoms with E-state index in [1.165, 1.54) is 7.11 Å². The lowest BCUT2D eigenvalue weighted by Gasteiger charge is -2.42. The Bertz CT molecular complexity index is 658. The van der Waals surface area contributed by atoms with E-state index in [1.807, 2.05) is 37.3 Å². The standard InChI is InChI=1S/C19H31N3O3SSi/c1-14(13-26-15-11-9-8-10-12-15)17(16(21-22-20)18(23)24-5)25-27(6,7)19(2,3)4/h8-12,14,16-17H,13H2,1-7H3/t14-,16-,17+/m1/s1. The lowest BCUT2D eigenvalue weighted by atomic mass is 10.0. The van der Waals surface area contributed by atoms with Gasteiger partial charge in [-0.1, -0.05) is 51.0 Å². The molecule has 0 saturated carbocycles. The second kappa shape index (κ2) is 10.2. The third-order valence-electron chi connectivity index (χ3n) is 4.98. The van der Waals surface area contributed by atoms with Gasteiger partial charge >= 0.3 is 5.97 Å². The maximum Gasteiger partial charge on any atom is 0.317 e. The predicted octanol–water partition coefficient (Wildman–Crippen LogP) is 5.66. The molecular weight excluding hydrogens is 378 g/mol. The summed E-state index contributed by atoms with van der Waals surface area (Å²) in [7, 11) is -0.889. The Morgan fingerprint density at radius 1 is 1.30 bits per heavy atom. The molecule has 3 atom stereocenters. The lowest BCUT2D eigenvalue weighted by Crippen LogP contribution is -2.51. The summed E-state index contributed by atoms with van der Waals surface area (Å²) in [6, 6.07) is 9.06. The number of carbonyl (C=O) groups is 1. The van der Waals surface area contributed by atoms with Gasteiger partial charge in [0.25, 0.3) is 0 Å². The predicted molar refractivity (Wildman–Crippen MR) is 113 cm³/mol. The molecule has 0 N–H and O–H groups in total. The molecule has 0 amide bonds. The largest absolute Gasteiger partial charge is 0.469 e. The summed E-state index contributed by atoms with van der Waals surface area (Å²) in [5.74, 6) is 0.157. The average Bonchev–Trinajstić information content (AvgIpc) is 2.61. The molecule has 8 heteroatoms. The van der Waals surface area contributed by atoms with Gasteiger partial charge in [0.05, 0.1) is 13.2 Å². The molecule has 27 heavy (non-hydrogen) atoms. The molecule has 1 aromatic carbocycles. The zero-order chi connectivity index (χ0) is 20.7. The van der Waals surface area contributed by atoms with Crippen molar-refractivity contribution in [1.82, 2.24) is 0 Å². The van der Waals surface area contributed by atoms with E-state index in [0.717, 1.165) is 10.6 Å². The molecule has 0 spiro atoms. The van der Waals surface area contributed by atoms with Crippen LogP contribution in [-0.2, 0) is 14.0 Å².